The zero-order valence-electron chi connectivity index (χ0n) is 12.7. The van der Waals surface area contributed by atoms with Crippen molar-refractivity contribution in [2.45, 2.75) is 57.5 Å². The van der Waals surface area contributed by atoms with E-state index in [1.807, 2.05) is 31.2 Å². The first-order valence-corrected chi connectivity index (χ1v) is 8.31. The highest BCUT2D eigenvalue weighted by molar-refractivity contribution is 6.30. The third-order valence-corrected chi connectivity index (χ3v) is 4.37. The Morgan fingerprint density at radius 3 is 2.67 bits per heavy atom. The maximum atomic E-state index is 12.0. The van der Waals surface area contributed by atoms with Crippen LogP contribution in [0.1, 0.15) is 57.1 Å². The van der Waals surface area contributed by atoms with Gasteiger partial charge < -0.3 is 10.6 Å². The molecule has 1 aromatic carbocycles. The predicted molar refractivity (Wildman–Crippen MR) is 87.5 cm³/mol. The quantitative estimate of drug-likeness (QED) is 0.812. The van der Waals surface area contributed by atoms with E-state index >= 15 is 0 Å². The molecule has 1 atom stereocenters. The summed E-state index contributed by atoms with van der Waals surface area (Å²) in [5.41, 5.74) is 1.10. The molecular formula is C17H25ClN2O. The van der Waals surface area contributed by atoms with Gasteiger partial charge in [0, 0.05) is 17.1 Å². The van der Waals surface area contributed by atoms with E-state index in [1.165, 1.54) is 25.7 Å². The Hall–Kier alpha value is -1.06. The van der Waals surface area contributed by atoms with Gasteiger partial charge in [-0.25, -0.2) is 0 Å². The van der Waals surface area contributed by atoms with E-state index in [0.717, 1.165) is 23.4 Å². The molecule has 0 heterocycles. The van der Waals surface area contributed by atoms with E-state index in [4.69, 9.17) is 11.6 Å². The normalized spacial score (nSPS) is 18.0. The Morgan fingerprint density at radius 2 is 2.00 bits per heavy atom. The molecule has 0 aliphatic heterocycles. The van der Waals surface area contributed by atoms with Crippen molar-refractivity contribution < 1.29 is 4.79 Å². The van der Waals surface area contributed by atoms with Gasteiger partial charge in [0.2, 0.25) is 5.91 Å². The summed E-state index contributed by atoms with van der Waals surface area (Å²) in [6.07, 6.45) is 7.31. The number of rotatable bonds is 5. The van der Waals surface area contributed by atoms with Crippen molar-refractivity contribution in [2.75, 3.05) is 6.54 Å². The van der Waals surface area contributed by atoms with Crippen LogP contribution in [0.25, 0.3) is 0 Å². The highest BCUT2D eigenvalue weighted by atomic mass is 35.5. The molecule has 2 rings (SSSR count). The minimum atomic E-state index is 0.0933. The Kier molecular flexibility index (Phi) is 6.52. The summed E-state index contributed by atoms with van der Waals surface area (Å²) in [6.45, 7) is 2.40. The predicted octanol–water partition coefficient (Wildman–Crippen LogP) is 3.83. The van der Waals surface area contributed by atoms with Crippen LogP contribution in [0.15, 0.2) is 24.3 Å². The number of carbonyl (C=O) groups is 1. The largest absolute Gasteiger partial charge is 0.352 e. The van der Waals surface area contributed by atoms with Gasteiger partial charge in [-0.3, -0.25) is 4.79 Å². The highest BCUT2D eigenvalue weighted by Crippen LogP contribution is 2.18. The molecule has 1 fully saturated rings. The lowest BCUT2D eigenvalue weighted by Crippen LogP contribution is -2.40. The highest BCUT2D eigenvalue weighted by Gasteiger charge is 2.15. The fourth-order valence-electron chi connectivity index (χ4n) is 2.84. The van der Waals surface area contributed by atoms with Crippen LogP contribution in [0.5, 0.6) is 0 Å². The van der Waals surface area contributed by atoms with Crippen LogP contribution in [0.3, 0.4) is 0 Å². The zero-order chi connectivity index (χ0) is 15.1. The van der Waals surface area contributed by atoms with E-state index < -0.39 is 0 Å². The standard InChI is InChI=1S/C17H25ClN2O/c1-13(14-7-6-8-15(18)11-14)19-12-17(21)20-16-9-4-2-3-5-10-16/h6-8,11,13,16,19H,2-5,9-10,12H2,1H3,(H,20,21)/t13-/m0/s1. The van der Waals surface area contributed by atoms with Gasteiger partial charge in [-0.05, 0) is 37.5 Å². The summed E-state index contributed by atoms with van der Waals surface area (Å²) < 4.78 is 0. The van der Waals surface area contributed by atoms with Crippen molar-refractivity contribution in [3.8, 4) is 0 Å². The van der Waals surface area contributed by atoms with Gasteiger partial charge in [-0.2, -0.15) is 0 Å². The van der Waals surface area contributed by atoms with E-state index in [1.54, 1.807) is 0 Å². The maximum Gasteiger partial charge on any atom is 0.234 e. The summed E-state index contributed by atoms with van der Waals surface area (Å²) in [6, 6.07) is 8.22. The summed E-state index contributed by atoms with van der Waals surface area (Å²) in [4.78, 5) is 12.0. The van der Waals surface area contributed by atoms with Crippen molar-refractivity contribution in [1.29, 1.82) is 0 Å². The first kappa shape index (κ1) is 16.3. The van der Waals surface area contributed by atoms with Crippen molar-refractivity contribution in [3.63, 3.8) is 0 Å². The number of nitrogens with one attached hydrogen (secondary N) is 2. The lowest BCUT2D eigenvalue weighted by Gasteiger charge is -2.18. The SMILES string of the molecule is C[C@H](NCC(=O)NC1CCCCCC1)c1cccc(Cl)c1. The van der Waals surface area contributed by atoms with Gasteiger partial charge in [-0.15, -0.1) is 0 Å². The Labute approximate surface area is 132 Å². The molecule has 3 nitrogen and oxygen atoms in total. The minimum Gasteiger partial charge on any atom is -0.352 e. The van der Waals surface area contributed by atoms with E-state index in [-0.39, 0.29) is 11.9 Å². The molecule has 1 amide bonds. The number of carbonyl (C=O) groups excluding carboxylic acids is 1. The summed E-state index contributed by atoms with van der Waals surface area (Å²) >= 11 is 5.99. The average molecular weight is 309 g/mol. The van der Waals surface area contributed by atoms with E-state index in [9.17, 15) is 4.79 Å². The molecule has 0 radical (unpaired) electrons. The maximum absolute atomic E-state index is 12.0. The molecule has 1 aromatic rings. The monoisotopic (exact) mass is 308 g/mol. The average Bonchev–Trinajstić information content (AvgIpc) is 2.73. The first-order valence-electron chi connectivity index (χ1n) is 7.93. The Morgan fingerprint density at radius 1 is 1.29 bits per heavy atom. The molecule has 1 saturated carbocycles. The molecule has 0 bridgehead atoms. The van der Waals surface area contributed by atoms with Crippen LogP contribution in [-0.4, -0.2) is 18.5 Å². The second-order valence-electron chi connectivity index (χ2n) is 5.91. The van der Waals surface area contributed by atoms with Gasteiger partial charge in [0.25, 0.3) is 0 Å². The molecule has 0 spiro atoms. The second-order valence-corrected chi connectivity index (χ2v) is 6.35. The lowest BCUT2D eigenvalue weighted by molar-refractivity contribution is -0.121. The van der Waals surface area contributed by atoms with Crippen LogP contribution >= 0.6 is 11.6 Å². The summed E-state index contributed by atoms with van der Waals surface area (Å²) in [5.74, 6) is 0.0933. The number of benzene rings is 1. The fraction of sp³-hybridized carbons (Fsp3) is 0.588. The number of halogens is 1. The van der Waals surface area contributed by atoms with Crippen molar-refractivity contribution in [2.24, 2.45) is 0 Å². The second kappa shape index (κ2) is 8.40. The van der Waals surface area contributed by atoms with Crippen molar-refractivity contribution in [1.82, 2.24) is 10.6 Å². The van der Waals surface area contributed by atoms with Crippen molar-refractivity contribution >= 4 is 17.5 Å². The van der Waals surface area contributed by atoms with E-state index in [2.05, 4.69) is 10.6 Å². The number of amides is 1. The third-order valence-electron chi connectivity index (χ3n) is 4.14. The summed E-state index contributed by atoms with van der Waals surface area (Å²) in [7, 11) is 0. The van der Waals surface area contributed by atoms with Crippen LogP contribution in [0, 0.1) is 0 Å². The third kappa shape index (κ3) is 5.68. The number of hydrogen-bond donors (Lipinski definition) is 2. The molecule has 0 saturated heterocycles. The topological polar surface area (TPSA) is 41.1 Å². The van der Waals surface area contributed by atoms with Gasteiger partial charge in [0.05, 0.1) is 6.54 Å². The lowest BCUT2D eigenvalue weighted by atomic mass is 10.1. The minimum absolute atomic E-state index is 0.0933. The molecule has 4 heteroatoms. The zero-order valence-corrected chi connectivity index (χ0v) is 13.5. The smallest absolute Gasteiger partial charge is 0.234 e. The van der Waals surface area contributed by atoms with Crippen molar-refractivity contribution in [3.05, 3.63) is 34.9 Å². The van der Waals surface area contributed by atoms with Gasteiger partial charge >= 0.3 is 0 Å². The Bertz CT molecular complexity index is 456. The van der Waals surface area contributed by atoms with Gasteiger partial charge in [-0.1, -0.05) is 49.4 Å². The molecule has 1 aliphatic carbocycles. The van der Waals surface area contributed by atoms with Crippen LogP contribution < -0.4 is 10.6 Å². The number of hydrogen-bond acceptors (Lipinski definition) is 2. The fourth-order valence-corrected chi connectivity index (χ4v) is 3.04. The summed E-state index contributed by atoms with van der Waals surface area (Å²) in [5, 5.41) is 7.14. The molecule has 1 aliphatic rings. The molecule has 0 aromatic heterocycles. The van der Waals surface area contributed by atoms with E-state index in [0.29, 0.717) is 12.6 Å². The Balaban J connectivity index is 1.75. The van der Waals surface area contributed by atoms with Gasteiger partial charge in [0.15, 0.2) is 0 Å². The van der Waals surface area contributed by atoms with Crippen LogP contribution in [0.4, 0.5) is 0 Å². The molecule has 0 unspecified atom stereocenters. The molecule has 2 N–H and O–H groups in total. The molecule has 21 heavy (non-hydrogen) atoms. The first-order chi connectivity index (χ1) is 10.1. The molecular weight excluding hydrogens is 284 g/mol. The van der Waals surface area contributed by atoms with Crippen LogP contribution in [-0.2, 0) is 4.79 Å². The van der Waals surface area contributed by atoms with Gasteiger partial charge in [0.1, 0.15) is 0 Å². The van der Waals surface area contributed by atoms with Crippen LogP contribution in [0.2, 0.25) is 5.02 Å². The molecule has 116 valence electrons.